The lowest BCUT2D eigenvalue weighted by atomic mass is 9.84. The molecule has 2 rings (SSSR count). The summed E-state index contributed by atoms with van der Waals surface area (Å²) in [6, 6.07) is 4.44. The van der Waals surface area contributed by atoms with Crippen LogP contribution in [0, 0.1) is 11.2 Å². The molecule has 1 aliphatic carbocycles. The van der Waals surface area contributed by atoms with Crippen LogP contribution in [-0.2, 0) is 5.54 Å². The standard InChI is InChI=1S/C13H17ClFN/c1-12(2)5-6-13(16,8-12)10-7-9(15)3-4-11(10)14/h3-4,7H,5-6,8,16H2,1-2H3. The maximum Gasteiger partial charge on any atom is 0.123 e. The summed E-state index contributed by atoms with van der Waals surface area (Å²) >= 11 is 6.11. The normalized spacial score (nSPS) is 28.3. The molecule has 1 unspecified atom stereocenters. The number of benzene rings is 1. The highest BCUT2D eigenvalue weighted by atomic mass is 35.5. The highest BCUT2D eigenvalue weighted by Gasteiger charge is 2.42. The van der Waals surface area contributed by atoms with Crippen LogP contribution in [0.4, 0.5) is 4.39 Å². The number of rotatable bonds is 1. The van der Waals surface area contributed by atoms with Crippen molar-refractivity contribution in [1.82, 2.24) is 0 Å². The van der Waals surface area contributed by atoms with Gasteiger partial charge in [-0.1, -0.05) is 25.4 Å². The smallest absolute Gasteiger partial charge is 0.123 e. The van der Waals surface area contributed by atoms with Crippen LogP contribution in [0.1, 0.15) is 38.7 Å². The van der Waals surface area contributed by atoms with E-state index < -0.39 is 5.54 Å². The van der Waals surface area contributed by atoms with Crippen LogP contribution < -0.4 is 5.73 Å². The average molecular weight is 242 g/mol. The SMILES string of the molecule is CC1(C)CCC(N)(c2cc(F)ccc2Cl)C1. The third-order valence-corrected chi connectivity index (χ3v) is 3.84. The molecule has 0 aromatic heterocycles. The molecule has 1 atom stereocenters. The van der Waals surface area contributed by atoms with Crippen LogP contribution in [-0.4, -0.2) is 0 Å². The second kappa shape index (κ2) is 3.71. The highest BCUT2D eigenvalue weighted by molar-refractivity contribution is 6.31. The van der Waals surface area contributed by atoms with E-state index >= 15 is 0 Å². The van der Waals surface area contributed by atoms with Gasteiger partial charge in [0, 0.05) is 10.6 Å². The average Bonchev–Trinajstić information content (AvgIpc) is 2.46. The number of hydrogen-bond acceptors (Lipinski definition) is 1. The lowest BCUT2D eigenvalue weighted by molar-refractivity contribution is 0.339. The molecule has 0 radical (unpaired) electrons. The molecule has 16 heavy (non-hydrogen) atoms. The van der Waals surface area contributed by atoms with Crippen molar-refractivity contribution >= 4 is 11.6 Å². The van der Waals surface area contributed by atoms with Gasteiger partial charge in [0.1, 0.15) is 5.82 Å². The summed E-state index contributed by atoms with van der Waals surface area (Å²) in [7, 11) is 0. The maximum atomic E-state index is 13.2. The third kappa shape index (κ3) is 2.09. The second-order valence-electron chi connectivity index (χ2n) is 5.62. The second-order valence-corrected chi connectivity index (χ2v) is 6.03. The van der Waals surface area contributed by atoms with Crippen LogP contribution in [0.3, 0.4) is 0 Å². The molecular weight excluding hydrogens is 225 g/mol. The molecule has 0 aliphatic heterocycles. The predicted octanol–water partition coefficient (Wildman–Crippen LogP) is 3.84. The van der Waals surface area contributed by atoms with E-state index in [9.17, 15) is 4.39 Å². The predicted molar refractivity (Wildman–Crippen MR) is 64.9 cm³/mol. The van der Waals surface area contributed by atoms with Crippen LogP contribution in [0.15, 0.2) is 18.2 Å². The Balaban J connectivity index is 2.41. The van der Waals surface area contributed by atoms with Gasteiger partial charge in [0.2, 0.25) is 0 Å². The van der Waals surface area contributed by atoms with Gasteiger partial charge in [0.05, 0.1) is 0 Å². The summed E-state index contributed by atoms with van der Waals surface area (Å²) < 4.78 is 13.2. The first-order valence-electron chi connectivity index (χ1n) is 5.57. The van der Waals surface area contributed by atoms with Gasteiger partial charge in [0.25, 0.3) is 0 Å². The molecular formula is C13H17ClFN. The Kier molecular flexibility index (Phi) is 2.75. The molecule has 3 heteroatoms. The first-order chi connectivity index (χ1) is 7.32. The minimum Gasteiger partial charge on any atom is -0.321 e. The Morgan fingerprint density at radius 2 is 2.00 bits per heavy atom. The first kappa shape index (κ1) is 11.9. The lowest BCUT2D eigenvalue weighted by Gasteiger charge is -2.28. The molecule has 0 spiro atoms. The third-order valence-electron chi connectivity index (χ3n) is 3.51. The minimum absolute atomic E-state index is 0.213. The summed E-state index contributed by atoms with van der Waals surface area (Å²) in [6.07, 6.45) is 2.77. The Hall–Kier alpha value is -0.600. The minimum atomic E-state index is -0.470. The Morgan fingerprint density at radius 1 is 1.31 bits per heavy atom. The lowest BCUT2D eigenvalue weighted by Crippen LogP contribution is -2.35. The van der Waals surface area contributed by atoms with Crippen molar-refractivity contribution in [3.8, 4) is 0 Å². The Labute approximate surface area is 101 Å². The number of halogens is 2. The molecule has 88 valence electrons. The van der Waals surface area contributed by atoms with E-state index in [0.717, 1.165) is 24.8 Å². The topological polar surface area (TPSA) is 26.0 Å². The quantitative estimate of drug-likeness (QED) is 0.794. The van der Waals surface area contributed by atoms with E-state index in [0.29, 0.717) is 5.02 Å². The summed E-state index contributed by atoms with van der Waals surface area (Å²) in [5, 5.41) is 0.571. The van der Waals surface area contributed by atoms with Crippen molar-refractivity contribution in [3.63, 3.8) is 0 Å². The largest absolute Gasteiger partial charge is 0.321 e. The number of hydrogen-bond donors (Lipinski definition) is 1. The van der Waals surface area contributed by atoms with E-state index in [1.54, 1.807) is 6.07 Å². The first-order valence-corrected chi connectivity index (χ1v) is 5.95. The van der Waals surface area contributed by atoms with Gasteiger partial charge in [-0.25, -0.2) is 4.39 Å². The molecule has 2 N–H and O–H groups in total. The van der Waals surface area contributed by atoms with Crippen LogP contribution in [0.25, 0.3) is 0 Å². The van der Waals surface area contributed by atoms with Crippen molar-refractivity contribution in [3.05, 3.63) is 34.6 Å². The molecule has 1 saturated carbocycles. The van der Waals surface area contributed by atoms with Crippen molar-refractivity contribution in [1.29, 1.82) is 0 Å². The molecule has 1 aromatic rings. The Bertz CT molecular complexity index is 416. The van der Waals surface area contributed by atoms with E-state index in [-0.39, 0.29) is 11.2 Å². The van der Waals surface area contributed by atoms with Gasteiger partial charge in [-0.3, -0.25) is 0 Å². The van der Waals surface area contributed by atoms with Crippen molar-refractivity contribution < 1.29 is 4.39 Å². The summed E-state index contributed by atoms with van der Waals surface area (Å²) in [4.78, 5) is 0. The van der Waals surface area contributed by atoms with Gasteiger partial charge < -0.3 is 5.73 Å². The van der Waals surface area contributed by atoms with E-state index in [2.05, 4.69) is 13.8 Å². The fraction of sp³-hybridized carbons (Fsp3) is 0.538. The van der Waals surface area contributed by atoms with E-state index in [1.807, 2.05) is 0 Å². The fourth-order valence-electron chi connectivity index (χ4n) is 2.70. The van der Waals surface area contributed by atoms with Crippen LogP contribution in [0.5, 0.6) is 0 Å². The zero-order valence-electron chi connectivity index (χ0n) is 9.69. The van der Waals surface area contributed by atoms with Gasteiger partial charge in [-0.15, -0.1) is 0 Å². The maximum absolute atomic E-state index is 13.2. The fourth-order valence-corrected chi connectivity index (χ4v) is 3.01. The van der Waals surface area contributed by atoms with Crippen molar-refractivity contribution in [2.75, 3.05) is 0 Å². The van der Waals surface area contributed by atoms with Crippen molar-refractivity contribution in [2.45, 2.75) is 38.6 Å². The molecule has 0 saturated heterocycles. The van der Waals surface area contributed by atoms with Gasteiger partial charge in [0.15, 0.2) is 0 Å². The monoisotopic (exact) mass is 241 g/mol. The summed E-state index contributed by atoms with van der Waals surface area (Å²) in [5.74, 6) is -0.270. The summed E-state index contributed by atoms with van der Waals surface area (Å²) in [6.45, 7) is 4.38. The zero-order valence-corrected chi connectivity index (χ0v) is 10.4. The highest BCUT2D eigenvalue weighted by Crippen LogP contribution is 2.48. The zero-order chi connectivity index (χ0) is 12.0. The Morgan fingerprint density at radius 3 is 2.56 bits per heavy atom. The van der Waals surface area contributed by atoms with E-state index in [1.165, 1.54) is 12.1 Å². The number of nitrogens with two attached hydrogens (primary N) is 1. The molecule has 1 nitrogen and oxygen atoms in total. The van der Waals surface area contributed by atoms with Crippen LogP contribution in [0.2, 0.25) is 5.02 Å². The molecule has 1 aromatic carbocycles. The van der Waals surface area contributed by atoms with Gasteiger partial charge in [-0.05, 0) is 48.4 Å². The van der Waals surface area contributed by atoms with E-state index in [4.69, 9.17) is 17.3 Å². The molecule has 0 bridgehead atoms. The molecule has 1 fully saturated rings. The van der Waals surface area contributed by atoms with Gasteiger partial charge in [-0.2, -0.15) is 0 Å². The molecule has 0 heterocycles. The molecule has 0 amide bonds. The summed E-state index contributed by atoms with van der Waals surface area (Å²) in [5.41, 5.74) is 6.87. The van der Waals surface area contributed by atoms with Crippen LogP contribution >= 0.6 is 11.6 Å². The van der Waals surface area contributed by atoms with Gasteiger partial charge >= 0.3 is 0 Å². The molecule has 1 aliphatic rings. The van der Waals surface area contributed by atoms with Crippen molar-refractivity contribution in [2.24, 2.45) is 11.1 Å².